The minimum absolute atomic E-state index is 0.0946. The van der Waals surface area contributed by atoms with Crippen LogP contribution in [0, 0.1) is 17.1 Å². The monoisotopic (exact) mass is 307 g/mol. The molecule has 1 aromatic carbocycles. The van der Waals surface area contributed by atoms with Gasteiger partial charge in [0.1, 0.15) is 10.7 Å². The van der Waals surface area contributed by atoms with Crippen LogP contribution in [0.25, 0.3) is 0 Å². The summed E-state index contributed by atoms with van der Waals surface area (Å²) in [5, 5.41) is 11.3. The van der Waals surface area contributed by atoms with E-state index >= 15 is 0 Å². The van der Waals surface area contributed by atoms with Crippen LogP contribution in [0.2, 0.25) is 0 Å². The van der Waals surface area contributed by atoms with Gasteiger partial charge in [0.05, 0.1) is 29.7 Å². The zero-order valence-electron chi connectivity index (χ0n) is 10.8. The lowest BCUT2D eigenvalue weighted by atomic mass is 10.2. The van der Waals surface area contributed by atoms with Crippen LogP contribution < -0.4 is 10.0 Å². The maximum Gasteiger partial charge on any atom is 0.265 e. The molecule has 0 saturated heterocycles. The molecule has 2 aromatic rings. The number of anilines is 2. The van der Waals surface area contributed by atoms with E-state index in [0.29, 0.717) is 0 Å². The van der Waals surface area contributed by atoms with E-state index in [-0.39, 0.29) is 22.1 Å². The smallest absolute Gasteiger partial charge is 0.265 e. The van der Waals surface area contributed by atoms with Gasteiger partial charge in [0.15, 0.2) is 0 Å². The zero-order valence-corrected chi connectivity index (χ0v) is 11.6. The molecular formula is C12H10FN5O2S. The second kappa shape index (κ2) is 5.72. The van der Waals surface area contributed by atoms with E-state index in [4.69, 9.17) is 5.26 Å². The molecule has 1 aromatic heterocycles. The van der Waals surface area contributed by atoms with Gasteiger partial charge in [0.2, 0.25) is 5.95 Å². The standard InChI is InChI=1S/C12H10FN5O2S/c1-15-12-16-6-9(7-17-12)21(19,20)18-11-3-2-8(5-14)4-10(11)13/h2-4,6-7,18H,1H3,(H,15,16,17). The minimum atomic E-state index is -4.01. The molecule has 0 bridgehead atoms. The molecular weight excluding hydrogens is 297 g/mol. The van der Waals surface area contributed by atoms with Crippen molar-refractivity contribution in [2.45, 2.75) is 4.90 Å². The summed E-state index contributed by atoms with van der Waals surface area (Å²) in [6.07, 6.45) is 2.20. The number of benzene rings is 1. The van der Waals surface area contributed by atoms with E-state index in [1.165, 1.54) is 12.1 Å². The van der Waals surface area contributed by atoms with Gasteiger partial charge < -0.3 is 5.32 Å². The third-order valence-corrected chi connectivity index (χ3v) is 3.82. The topological polar surface area (TPSA) is 108 Å². The maximum atomic E-state index is 13.7. The van der Waals surface area contributed by atoms with Crippen molar-refractivity contribution >= 4 is 21.7 Å². The Hall–Kier alpha value is -2.73. The highest BCUT2D eigenvalue weighted by Gasteiger charge is 2.17. The van der Waals surface area contributed by atoms with Crippen molar-refractivity contribution < 1.29 is 12.8 Å². The van der Waals surface area contributed by atoms with Gasteiger partial charge >= 0.3 is 0 Å². The number of sulfonamides is 1. The molecule has 0 aliphatic rings. The molecule has 0 aliphatic heterocycles. The average Bonchev–Trinajstić information content (AvgIpc) is 2.49. The van der Waals surface area contributed by atoms with Crippen molar-refractivity contribution in [2.24, 2.45) is 0 Å². The predicted octanol–water partition coefficient (Wildman–Crippen LogP) is 1.33. The molecule has 7 nitrogen and oxygen atoms in total. The summed E-state index contributed by atoms with van der Waals surface area (Å²) < 4.78 is 39.9. The van der Waals surface area contributed by atoms with Crippen LogP contribution in [0.5, 0.6) is 0 Å². The Morgan fingerprint density at radius 3 is 2.48 bits per heavy atom. The van der Waals surface area contributed by atoms with Crippen LogP contribution >= 0.6 is 0 Å². The van der Waals surface area contributed by atoms with Gasteiger partial charge in [-0.1, -0.05) is 0 Å². The Kier molecular flexibility index (Phi) is 4.00. The molecule has 0 fully saturated rings. The molecule has 9 heteroatoms. The summed E-state index contributed by atoms with van der Waals surface area (Å²) in [5.41, 5.74) is -0.163. The van der Waals surface area contributed by atoms with Crippen LogP contribution in [0.1, 0.15) is 5.56 Å². The van der Waals surface area contributed by atoms with E-state index in [1.54, 1.807) is 13.1 Å². The first-order valence-electron chi connectivity index (χ1n) is 5.68. The van der Waals surface area contributed by atoms with E-state index in [9.17, 15) is 12.8 Å². The highest BCUT2D eigenvalue weighted by atomic mass is 32.2. The fourth-order valence-electron chi connectivity index (χ4n) is 1.46. The molecule has 0 aliphatic carbocycles. The van der Waals surface area contributed by atoms with Crippen molar-refractivity contribution in [3.05, 3.63) is 42.0 Å². The molecule has 21 heavy (non-hydrogen) atoms. The normalized spacial score (nSPS) is 10.7. The fraction of sp³-hybridized carbons (Fsp3) is 0.0833. The van der Waals surface area contributed by atoms with Crippen LogP contribution in [0.4, 0.5) is 16.0 Å². The number of nitrogens with one attached hydrogen (secondary N) is 2. The number of hydrogen-bond donors (Lipinski definition) is 2. The highest BCUT2D eigenvalue weighted by Crippen LogP contribution is 2.19. The second-order valence-electron chi connectivity index (χ2n) is 3.90. The SMILES string of the molecule is CNc1ncc(S(=O)(=O)Nc2ccc(C#N)cc2F)cn1. The molecule has 2 N–H and O–H groups in total. The predicted molar refractivity (Wildman–Crippen MR) is 73.5 cm³/mol. The minimum Gasteiger partial charge on any atom is -0.357 e. The zero-order chi connectivity index (χ0) is 15.5. The number of hydrogen-bond acceptors (Lipinski definition) is 6. The third kappa shape index (κ3) is 3.24. The molecule has 0 saturated carbocycles. The number of nitrogens with zero attached hydrogens (tertiary/aromatic N) is 3. The fourth-order valence-corrected chi connectivity index (χ4v) is 2.41. The first-order valence-corrected chi connectivity index (χ1v) is 7.17. The van der Waals surface area contributed by atoms with Crippen molar-refractivity contribution in [1.29, 1.82) is 5.26 Å². The second-order valence-corrected chi connectivity index (χ2v) is 5.59. The van der Waals surface area contributed by atoms with Crippen molar-refractivity contribution in [1.82, 2.24) is 9.97 Å². The van der Waals surface area contributed by atoms with Crippen LogP contribution in [-0.2, 0) is 10.0 Å². The largest absolute Gasteiger partial charge is 0.357 e. The van der Waals surface area contributed by atoms with Gasteiger partial charge in [-0.05, 0) is 18.2 Å². The van der Waals surface area contributed by atoms with Crippen molar-refractivity contribution in [2.75, 3.05) is 17.1 Å². The summed E-state index contributed by atoms with van der Waals surface area (Å²) in [5.74, 6) is -0.580. The lowest BCUT2D eigenvalue weighted by Crippen LogP contribution is -2.15. The Morgan fingerprint density at radius 2 is 1.95 bits per heavy atom. The van der Waals surface area contributed by atoms with Crippen molar-refractivity contribution in [3.8, 4) is 6.07 Å². The average molecular weight is 307 g/mol. The van der Waals surface area contributed by atoms with Gasteiger partial charge in [0.25, 0.3) is 10.0 Å². The van der Waals surface area contributed by atoms with Gasteiger partial charge in [-0.25, -0.2) is 22.8 Å². The van der Waals surface area contributed by atoms with Crippen LogP contribution in [0.15, 0.2) is 35.5 Å². The Morgan fingerprint density at radius 1 is 1.29 bits per heavy atom. The summed E-state index contributed by atoms with van der Waals surface area (Å²) in [7, 11) is -2.41. The summed E-state index contributed by atoms with van der Waals surface area (Å²) >= 11 is 0. The Labute approximate surface area is 120 Å². The Balaban J connectivity index is 2.30. The first-order chi connectivity index (χ1) is 9.96. The summed E-state index contributed by atoms with van der Waals surface area (Å²) in [4.78, 5) is 7.35. The van der Waals surface area contributed by atoms with Crippen molar-refractivity contribution in [3.63, 3.8) is 0 Å². The van der Waals surface area contributed by atoms with E-state index in [2.05, 4.69) is 20.0 Å². The maximum absolute atomic E-state index is 13.7. The van der Waals surface area contributed by atoms with E-state index < -0.39 is 15.8 Å². The molecule has 0 spiro atoms. The van der Waals surface area contributed by atoms with Gasteiger partial charge in [-0.2, -0.15) is 5.26 Å². The van der Waals surface area contributed by atoms with Gasteiger partial charge in [-0.15, -0.1) is 0 Å². The third-order valence-electron chi connectivity index (χ3n) is 2.50. The van der Waals surface area contributed by atoms with Gasteiger partial charge in [0, 0.05) is 7.05 Å². The summed E-state index contributed by atoms with van der Waals surface area (Å²) in [6.45, 7) is 0. The molecule has 0 unspecified atom stereocenters. The van der Waals surface area contributed by atoms with Crippen LogP contribution in [-0.4, -0.2) is 25.4 Å². The molecule has 108 valence electrons. The highest BCUT2D eigenvalue weighted by molar-refractivity contribution is 7.92. The molecule has 0 atom stereocenters. The van der Waals surface area contributed by atoms with E-state index in [0.717, 1.165) is 18.5 Å². The molecule has 2 rings (SSSR count). The Bertz CT molecular complexity index is 799. The molecule has 1 heterocycles. The van der Waals surface area contributed by atoms with Gasteiger partial charge in [-0.3, -0.25) is 4.72 Å². The number of halogens is 1. The van der Waals surface area contributed by atoms with E-state index in [1.807, 2.05) is 0 Å². The molecule has 0 amide bonds. The molecule has 0 radical (unpaired) electrons. The number of rotatable bonds is 4. The summed E-state index contributed by atoms with van der Waals surface area (Å²) in [6, 6.07) is 5.18. The van der Waals surface area contributed by atoms with Crippen LogP contribution in [0.3, 0.4) is 0 Å². The lowest BCUT2D eigenvalue weighted by Gasteiger charge is -2.09. The number of nitriles is 1. The number of aromatic nitrogens is 2. The quantitative estimate of drug-likeness (QED) is 0.882. The lowest BCUT2D eigenvalue weighted by molar-refractivity contribution is 0.597. The first kappa shape index (κ1) is 14.7.